The molecule has 0 bridgehead atoms. The van der Waals surface area contributed by atoms with E-state index in [4.69, 9.17) is 32.9 Å². The van der Waals surface area contributed by atoms with Gasteiger partial charge in [0.1, 0.15) is 23.4 Å². The second-order valence-corrected chi connectivity index (χ2v) is 7.34. The number of rotatable bonds is 4. The van der Waals surface area contributed by atoms with Gasteiger partial charge in [0.25, 0.3) is 0 Å². The highest BCUT2D eigenvalue weighted by molar-refractivity contribution is 6.30. The Kier molecular flexibility index (Phi) is 5.25. The highest BCUT2D eigenvalue weighted by Crippen LogP contribution is 2.39. The molecule has 0 saturated heterocycles. The number of amidine groups is 1. The fourth-order valence-corrected chi connectivity index (χ4v) is 3.63. The first-order valence-electron chi connectivity index (χ1n) is 8.75. The van der Waals surface area contributed by atoms with Gasteiger partial charge in [-0.25, -0.2) is 4.39 Å². The van der Waals surface area contributed by atoms with E-state index in [9.17, 15) is 4.39 Å². The Morgan fingerprint density at radius 1 is 0.893 bits per heavy atom. The summed E-state index contributed by atoms with van der Waals surface area (Å²) in [5.41, 5.74) is 2.29. The van der Waals surface area contributed by atoms with Crippen molar-refractivity contribution in [2.75, 3.05) is 7.11 Å². The molecule has 0 amide bonds. The lowest BCUT2D eigenvalue weighted by atomic mass is 9.95. The molecule has 0 aromatic heterocycles. The number of nitrogens with one attached hydrogen (secondary N) is 1. The Morgan fingerprint density at radius 2 is 1.50 bits per heavy atom. The van der Waals surface area contributed by atoms with Crippen molar-refractivity contribution < 1.29 is 9.13 Å². The van der Waals surface area contributed by atoms with Gasteiger partial charge < -0.3 is 10.1 Å². The van der Waals surface area contributed by atoms with E-state index in [1.165, 1.54) is 13.2 Å². The van der Waals surface area contributed by atoms with Crippen LogP contribution in [-0.2, 0) is 0 Å². The summed E-state index contributed by atoms with van der Waals surface area (Å²) in [5, 5.41) is 4.68. The lowest BCUT2D eigenvalue weighted by Gasteiger charge is -2.20. The molecular formula is C22H17Cl2FN2O. The lowest BCUT2D eigenvalue weighted by molar-refractivity contribution is 0.410. The third-order valence-electron chi connectivity index (χ3n) is 4.75. The molecule has 4 rings (SSSR count). The van der Waals surface area contributed by atoms with Crippen molar-refractivity contribution in [2.45, 2.75) is 12.1 Å². The Bertz CT molecular complexity index is 1020. The average molecular weight is 415 g/mol. The molecule has 3 nitrogen and oxygen atoms in total. The lowest BCUT2D eigenvalue weighted by Crippen LogP contribution is -2.26. The van der Waals surface area contributed by atoms with Crippen LogP contribution >= 0.6 is 23.2 Å². The van der Waals surface area contributed by atoms with Crippen LogP contribution in [0.15, 0.2) is 71.7 Å². The van der Waals surface area contributed by atoms with E-state index in [1.807, 2.05) is 48.5 Å². The van der Waals surface area contributed by atoms with Crippen LogP contribution < -0.4 is 10.1 Å². The SMILES string of the molecule is COc1cccc(F)c1C1=NC(c2ccc(Cl)cc2)C(c2ccc(Cl)cc2)N1. The molecule has 3 aromatic rings. The normalized spacial score (nSPS) is 18.5. The molecule has 28 heavy (non-hydrogen) atoms. The van der Waals surface area contributed by atoms with E-state index in [1.54, 1.807) is 12.1 Å². The predicted octanol–water partition coefficient (Wildman–Crippen LogP) is 5.97. The highest BCUT2D eigenvalue weighted by atomic mass is 35.5. The summed E-state index contributed by atoms with van der Waals surface area (Å²) in [5.74, 6) is 0.491. The predicted molar refractivity (Wildman–Crippen MR) is 111 cm³/mol. The molecular weight excluding hydrogens is 398 g/mol. The van der Waals surface area contributed by atoms with E-state index in [0.29, 0.717) is 27.2 Å². The van der Waals surface area contributed by atoms with Crippen molar-refractivity contribution in [2.24, 2.45) is 4.99 Å². The van der Waals surface area contributed by atoms with Crippen LogP contribution in [-0.4, -0.2) is 12.9 Å². The number of methoxy groups -OCH3 is 1. The van der Waals surface area contributed by atoms with E-state index in [-0.39, 0.29) is 12.1 Å². The van der Waals surface area contributed by atoms with Crippen LogP contribution in [0.1, 0.15) is 28.8 Å². The Morgan fingerprint density at radius 3 is 2.11 bits per heavy atom. The molecule has 1 aliphatic rings. The zero-order valence-electron chi connectivity index (χ0n) is 15.0. The van der Waals surface area contributed by atoms with Crippen molar-refractivity contribution in [1.82, 2.24) is 5.32 Å². The smallest absolute Gasteiger partial charge is 0.137 e. The van der Waals surface area contributed by atoms with Crippen LogP contribution in [0, 0.1) is 5.82 Å². The molecule has 3 aromatic carbocycles. The quantitative estimate of drug-likeness (QED) is 0.569. The maximum atomic E-state index is 14.6. The van der Waals surface area contributed by atoms with E-state index in [0.717, 1.165) is 11.1 Å². The minimum absolute atomic E-state index is 0.183. The maximum Gasteiger partial charge on any atom is 0.137 e. The van der Waals surface area contributed by atoms with Gasteiger partial charge in [0.2, 0.25) is 0 Å². The topological polar surface area (TPSA) is 33.6 Å². The molecule has 2 atom stereocenters. The minimum atomic E-state index is -0.391. The number of halogens is 3. The van der Waals surface area contributed by atoms with Crippen LogP contribution in [0.2, 0.25) is 10.0 Å². The van der Waals surface area contributed by atoms with Crippen LogP contribution in [0.3, 0.4) is 0 Å². The van der Waals surface area contributed by atoms with Gasteiger partial charge in [-0.1, -0.05) is 53.5 Å². The molecule has 0 radical (unpaired) electrons. The largest absolute Gasteiger partial charge is 0.496 e. The number of aliphatic imine (C=N–C) groups is 1. The van der Waals surface area contributed by atoms with Crippen molar-refractivity contribution in [3.8, 4) is 5.75 Å². The van der Waals surface area contributed by atoms with Crippen molar-refractivity contribution in [3.63, 3.8) is 0 Å². The highest BCUT2D eigenvalue weighted by Gasteiger charge is 2.33. The molecule has 0 aliphatic carbocycles. The molecule has 2 unspecified atom stereocenters. The molecule has 1 N–H and O–H groups in total. The van der Waals surface area contributed by atoms with E-state index >= 15 is 0 Å². The van der Waals surface area contributed by atoms with Crippen molar-refractivity contribution in [3.05, 3.63) is 99.3 Å². The van der Waals surface area contributed by atoms with Crippen LogP contribution in [0.4, 0.5) is 4.39 Å². The third kappa shape index (κ3) is 3.58. The van der Waals surface area contributed by atoms with Crippen molar-refractivity contribution >= 4 is 29.0 Å². The molecule has 6 heteroatoms. The van der Waals surface area contributed by atoms with Gasteiger partial charge in [-0.15, -0.1) is 0 Å². The summed E-state index contributed by atoms with van der Waals surface area (Å²) in [6.07, 6.45) is 0. The van der Waals surface area contributed by atoms with E-state index < -0.39 is 5.82 Å². The summed E-state index contributed by atoms with van der Waals surface area (Å²) < 4.78 is 20.0. The second kappa shape index (κ2) is 7.82. The van der Waals surface area contributed by atoms with Crippen LogP contribution in [0.5, 0.6) is 5.75 Å². The number of ether oxygens (including phenoxy) is 1. The monoisotopic (exact) mass is 414 g/mol. The first-order valence-corrected chi connectivity index (χ1v) is 9.50. The number of benzene rings is 3. The third-order valence-corrected chi connectivity index (χ3v) is 5.25. The summed E-state index contributed by atoms with van der Waals surface area (Å²) in [6.45, 7) is 0. The second-order valence-electron chi connectivity index (χ2n) is 6.46. The molecule has 0 saturated carbocycles. The molecule has 1 heterocycles. The van der Waals surface area contributed by atoms with Gasteiger partial charge >= 0.3 is 0 Å². The zero-order chi connectivity index (χ0) is 19.7. The molecule has 1 aliphatic heterocycles. The molecule has 142 valence electrons. The zero-order valence-corrected chi connectivity index (χ0v) is 16.5. The maximum absolute atomic E-state index is 14.6. The average Bonchev–Trinajstić information content (AvgIpc) is 3.13. The van der Waals surface area contributed by atoms with Crippen LogP contribution in [0.25, 0.3) is 0 Å². The molecule has 0 spiro atoms. The Balaban J connectivity index is 1.80. The van der Waals surface area contributed by atoms with Gasteiger partial charge in [0.15, 0.2) is 0 Å². The first-order chi connectivity index (χ1) is 13.6. The van der Waals surface area contributed by atoms with Crippen molar-refractivity contribution in [1.29, 1.82) is 0 Å². The van der Waals surface area contributed by atoms with Gasteiger partial charge in [0.05, 0.1) is 18.7 Å². The first kappa shape index (κ1) is 18.8. The van der Waals surface area contributed by atoms with E-state index in [2.05, 4.69) is 5.32 Å². The molecule has 0 fully saturated rings. The fourth-order valence-electron chi connectivity index (χ4n) is 3.38. The number of hydrogen-bond donors (Lipinski definition) is 1. The summed E-state index contributed by atoms with van der Waals surface area (Å²) in [6, 6.07) is 19.4. The summed E-state index contributed by atoms with van der Waals surface area (Å²) in [7, 11) is 1.52. The minimum Gasteiger partial charge on any atom is -0.496 e. The number of hydrogen-bond acceptors (Lipinski definition) is 3. The summed E-state index contributed by atoms with van der Waals surface area (Å²) in [4.78, 5) is 4.82. The van der Waals surface area contributed by atoms with Gasteiger partial charge in [-0.2, -0.15) is 0 Å². The fraction of sp³-hybridized carbons (Fsp3) is 0.136. The van der Waals surface area contributed by atoms with Gasteiger partial charge in [-0.05, 0) is 47.5 Å². The number of nitrogens with zero attached hydrogens (tertiary/aromatic N) is 1. The standard InChI is InChI=1S/C22H17Cl2FN2O/c1-28-18-4-2-3-17(25)19(18)22-26-20(13-5-9-15(23)10-6-13)21(27-22)14-7-11-16(24)12-8-14/h2-12,20-21H,1H3,(H,26,27). The Hall–Kier alpha value is -2.56. The van der Waals surface area contributed by atoms with Gasteiger partial charge in [-0.3, -0.25) is 4.99 Å². The van der Waals surface area contributed by atoms with Gasteiger partial charge in [0, 0.05) is 10.0 Å². The Labute approximate surface area is 172 Å². The summed E-state index contributed by atoms with van der Waals surface area (Å²) >= 11 is 12.1.